The Hall–Kier alpha value is -6.00. The molecule has 0 N–H and O–H groups in total. The zero-order valence-electron chi connectivity index (χ0n) is 23.6. The number of furan rings is 2. The van der Waals surface area contributed by atoms with E-state index in [1.807, 2.05) is 66.7 Å². The first-order valence-electron chi connectivity index (χ1n) is 14.7. The zero-order valence-corrected chi connectivity index (χ0v) is 23.6. The number of aromatic nitrogens is 2. The highest BCUT2D eigenvalue weighted by molar-refractivity contribution is 6.13. The lowest BCUT2D eigenvalue weighted by Crippen LogP contribution is -1.96. The molecule has 0 amide bonds. The number of fused-ring (bicyclic) bond motifs is 6. The van der Waals surface area contributed by atoms with Crippen LogP contribution < -0.4 is 0 Å². The van der Waals surface area contributed by atoms with Gasteiger partial charge in [-0.15, -0.1) is 0 Å². The van der Waals surface area contributed by atoms with E-state index in [0.717, 1.165) is 83.1 Å². The second kappa shape index (κ2) is 9.79. The SMILES string of the molecule is c1ccc(-c2nc(-c3ccc(-c4cccc5oc6ccccc6c45)cc3)cc(-c3cccc4oc5ccccc5c34)n2)cc1. The number of para-hydroxylation sites is 2. The molecule has 3 heterocycles. The van der Waals surface area contributed by atoms with Crippen LogP contribution in [0.3, 0.4) is 0 Å². The van der Waals surface area contributed by atoms with Gasteiger partial charge in [-0.2, -0.15) is 0 Å². The maximum absolute atomic E-state index is 6.20. The average molecular weight is 565 g/mol. The number of hydrogen-bond acceptors (Lipinski definition) is 4. The number of rotatable bonds is 4. The lowest BCUT2D eigenvalue weighted by molar-refractivity contribution is 0.668. The highest BCUT2D eigenvalue weighted by Gasteiger charge is 2.17. The van der Waals surface area contributed by atoms with Crippen LogP contribution in [0.4, 0.5) is 0 Å². The van der Waals surface area contributed by atoms with Crippen LogP contribution in [0.25, 0.3) is 88.9 Å². The van der Waals surface area contributed by atoms with E-state index in [0.29, 0.717) is 5.82 Å². The van der Waals surface area contributed by atoms with E-state index >= 15 is 0 Å². The highest BCUT2D eigenvalue weighted by Crippen LogP contribution is 2.39. The Labute approximate surface area is 252 Å². The number of benzene rings is 6. The van der Waals surface area contributed by atoms with E-state index < -0.39 is 0 Å². The van der Waals surface area contributed by atoms with Gasteiger partial charge in [0.05, 0.1) is 11.4 Å². The molecule has 206 valence electrons. The minimum atomic E-state index is 0.682. The minimum absolute atomic E-state index is 0.682. The summed E-state index contributed by atoms with van der Waals surface area (Å²) in [7, 11) is 0. The smallest absolute Gasteiger partial charge is 0.160 e. The topological polar surface area (TPSA) is 52.1 Å². The standard InChI is InChI=1S/C40H24N2O2/c1-2-10-27(11-3-1)40-41-32(24-33(42-40)29-15-9-19-37-39(29)31-13-5-7-17-35(31)44-37)26-22-20-25(21-23-26)28-14-8-18-36-38(28)30-12-4-6-16-34(30)43-36/h1-24H. The van der Waals surface area contributed by atoms with Crippen molar-refractivity contribution in [1.29, 1.82) is 0 Å². The number of hydrogen-bond donors (Lipinski definition) is 0. The maximum Gasteiger partial charge on any atom is 0.160 e. The van der Waals surface area contributed by atoms with Gasteiger partial charge in [0.1, 0.15) is 22.3 Å². The number of nitrogens with zero attached hydrogens (tertiary/aromatic N) is 2. The van der Waals surface area contributed by atoms with Gasteiger partial charge < -0.3 is 8.83 Å². The molecule has 0 spiro atoms. The Morgan fingerprint density at radius 2 is 0.886 bits per heavy atom. The van der Waals surface area contributed by atoms with E-state index in [1.54, 1.807) is 0 Å². The third kappa shape index (κ3) is 3.92. The Bertz CT molecular complexity index is 2490. The van der Waals surface area contributed by atoms with Gasteiger partial charge in [-0.1, -0.05) is 115 Å². The van der Waals surface area contributed by atoms with Gasteiger partial charge >= 0.3 is 0 Å². The second-order valence-electron chi connectivity index (χ2n) is 11.0. The predicted molar refractivity (Wildman–Crippen MR) is 178 cm³/mol. The quantitative estimate of drug-likeness (QED) is 0.213. The van der Waals surface area contributed by atoms with E-state index in [4.69, 9.17) is 18.8 Å². The second-order valence-corrected chi connectivity index (χ2v) is 11.0. The van der Waals surface area contributed by atoms with Gasteiger partial charge in [0.25, 0.3) is 0 Å². The van der Waals surface area contributed by atoms with Crippen LogP contribution >= 0.6 is 0 Å². The molecule has 3 aromatic heterocycles. The molecule has 6 aromatic carbocycles. The molecule has 0 atom stereocenters. The molecule has 0 radical (unpaired) electrons. The first-order valence-corrected chi connectivity index (χ1v) is 14.7. The molecule has 0 bridgehead atoms. The largest absolute Gasteiger partial charge is 0.456 e. The fraction of sp³-hybridized carbons (Fsp3) is 0. The van der Waals surface area contributed by atoms with Gasteiger partial charge in [0, 0.05) is 38.2 Å². The molecule has 0 saturated carbocycles. The Kier molecular flexibility index (Phi) is 5.47. The van der Waals surface area contributed by atoms with E-state index in [2.05, 4.69) is 78.9 Å². The maximum atomic E-state index is 6.20. The van der Waals surface area contributed by atoms with Crippen molar-refractivity contribution in [2.75, 3.05) is 0 Å². The van der Waals surface area contributed by atoms with Crippen LogP contribution in [0.2, 0.25) is 0 Å². The van der Waals surface area contributed by atoms with Crippen molar-refractivity contribution in [3.63, 3.8) is 0 Å². The molecule has 9 rings (SSSR count). The minimum Gasteiger partial charge on any atom is -0.456 e. The Balaban J connectivity index is 1.21. The summed E-state index contributed by atoms with van der Waals surface area (Å²) >= 11 is 0. The van der Waals surface area contributed by atoms with Gasteiger partial charge in [-0.25, -0.2) is 9.97 Å². The zero-order chi connectivity index (χ0) is 29.0. The van der Waals surface area contributed by atoms with Crippen LogP contribution in [0.5, 0.6) is 0 Å². The summed E-state index contributed by atoms with van der Waals surface area (Å²) in [4.78, 5) is 10.2. The van der Waals surface area contributed by atoms with Gasteiger partial charge in [-0.05, 0) is 41.5 Å². The fourth-order valence-electron chi connectivity index (χ4n) is 6.27. The lowest BCUT2D eigenvalue weighted by Gasteiger charge is -2.11. The van der Waals surface area contributed by atoms with Crippen LogP contribution in [0.15, 0.2) is 154 Å². The van der Waals surface area contributed by atoms with Crippen molar-refractivity contribution in [1.82, 2.24) is 9.97 Å². The molecule has 4 heteroatoms. The fourth-order valence-corrected chi connectivity index (χ4v) is 6.27. The summed E-state index contributed by atoms with van der Waals surface area (Å²) in [5.41, 5.74) is 10.5. The molecule has 9 aromatic rings. The van der Waals surface area contributed by atoms with E-state index in [9.17, 15) is 0 Å². The summed E-state index contributed by atoms with van der Waals surface area (Å²) in [6.45, 7) is 0. The molecule has 4 nitrogen and oxygen atoms in total. The van der Waals surface area contributed by atoms with Crippen LogP contribution in [0, 0.1) is 0 Å². The summed E-state index contributed by atoms with van der Waals surface area (Å²) in [6, 6.07) is 49.6. The summed E-state index contributed by atoms with van der Waals surface area (Å²) in [5.74, 6) is 0.682. The van der Waals surface area contributed by atoms with Crippen LogP contribution in [-0.4, -0.2) is 9.97 Å². The van der Waals surface area contributed by atoms with Gasteiger partial charge in [-0.3, -0.25) is 0 Å². The third-order valence-electron chi connectivity index (χ3n) is 8.33. The van der Waals surface area contributed by atoms with Gasteiger partial charge in [0.15, 0.2) is 5.82 Å². The van der Waals surface area contributed by atoms with Crippen LogP contribution in [0.1, 0.15) is 0 Å². The van der Waals surface area contributed by atoms with Crippen molar-refractivity contribution < 1.29 is 8.83 Å². The molecule has 0 aliphatic heterocycles. The lowest BCUT2D eigenvalue weighted by atomic mass is 9.97. The molecule has 0 saturated heterocycles. The summed E-state index contributed by atoms with van der Waals surface area (Å²) in [5, 5.41) is 4.38. The van der Waals surface area contributed by atoms with Crippen molar-refractivity contribution in [3.8, 4) is 45.0 Å². The Morgan fingerprint density at radius 1 is 0.364 bits per heavy atom. The van der Waals surface area contributed by atoms with Crippen molar-refractivity contribution in [2.45, 2.75) is 0 Å². The third-order valence-corrected chi connectivity index (χ3v) is 8.33. The average Bonchev–Trinajstić information content (AvgIpc) is 3.67. The summed E-state index contributed by atoms with van der Waals surface area (Å²) in [6.07, 6.45) is 0. The summed E-state index contributed by atoms with van der Waals surface area (Å²) < 4.78 is 12.3. The van der Waals surface area contributed by atoms with E-state index in [-0.39, 0.29) is 0 Å². The molecule has 0 unspecified atom stereocenters. The van der Waals surface area contributed by atoms with Crippen LogP contribution in [-0.2, 0) is 0 Å². The highest BCUT2D eigenvalue weighted by atomic mass is 16.3. The predicted octanol–water partition coefficient (Wildman–Crippen LogP) is 10.9. The Morgan fingerprint density at radius 3 is 1.57 bits per heavy atom. The molecule has 0 fully saturated rings. The van der Waals surface area contributed by atoms with Crippen molar-refractivity contribution in [2.24, 2.45) is 0 Å². The first kappa shape index (κ1) is 24.6. The molecule has 0 aliphatic rings. The first-order chi connectivity index (χ1) is 21.8. The monoisotopic (exact) mass is 564 g/mol. The molecule has 44 heavy (non-hydrogen) atoms. The van der Waals surface area contributed by atoms with Gasteiger partial charge in [0.2, 0.25) is 0 Å². The molecular formula is C40H24N2O2. The van der Waals surface area contributed by atoms with Crippen molar-refractivity contribution >= 4 is 43.9 Å². The molecular weight excluding hydrogens is 540 g/mol. The van der Waals surface area contributed by atoms with Crippen molar-refractivity contribution in [3.05, 3.63) is 146 Å². The normalized spacial score (nSPS) is 11.6. The molecule has 0 aliphatic carbocycles. The van der Waals surface area contributed by atoms with E-state index in [1.165, 1.54) is 0 Å².